The summed E-state index contributed by atoms with van der Waals surface area (Å²) >= 11 is 0.748. The van der Waals surface area contributed by atoms with Crippen LogP contribution in [0.15, 0.2) is 33.4 Å². The number of hydrogen-bond donors (Lipinski definition) is 5. The van der Waals surface area contributed by atoms with Crippen LogP contribution in [0.5, 0.6) is 0 Å². The van der Waals surface area contributed by atoms with Crippen LogP contribution in [0.1, 0.15) is 5.56 Å². The van der Waals surface area contributed by atoms with Crippen LogP contribution in [-0.4, -0.2) is 24.5 Å². The van der Waals surface area contributed by atoms with Crippen LogP contribution in [0, 0.1) is 0 Å². The van der Waals surface area contributed by atoms with Gasteiger partial charge in [-0.1, -0.05) is 0 Å². The van der Waals surface area contributed by atoms with Crippen LogP contribution >= 0.6 is 15.4 Å². The Morgan fingerprint density at radius 1 is 1.00 bits per heavy atom. The van der Waals surface area contributed by atoms with Gasteiger partial charge in [0.1, 0.15) is 0 Å². The molecule has 18 heavy (non-hydrogen) atoms. The van der Waals surface area contributed by atoms with E-state index >= 15 is 0 Å². The Kier molecular flexibility index (Phi) is 7.68. The molecule has 99 valence electrons. The van der Waals surface area contributed by atoms with Crippen LogP contribution < -0.4 is 0 Å². The summed E-state index contributed by atoms with van der Waals surface area (Å²) in [6.07, 6.45) is 1.53. The van der Waals surface area contributed by atoms with Crippen molar-refractivity contribution in [1.82, 2.24) is 0 Å². The topological polar surface area (TPSA) is 135 Å². The van der Waals surface area contributed by atoms with Crippen molar-refractivity contribution in [3.63, 3.8) is 0 Å². The third kappa shape index (κ3) is 11.2. The van der Waals surface area contributed by atoms with E-state index in [9.17, 15) is 4.57 Å². The van der Waals surface area contributed by atoms with Gasteiger partial charge in [-0.2, -0.15) is 0 Å². The maximum absolute atomic E-state index is 10.8. The second kappa shape index (κ2) is 7.63. The van der Waals surface area contributed by atoms with Gasteiger partial charge in [0.15, 0.2) is 0 Å². The van der Waals surface area contributed by atoms with E-state index in [2.05, 4.69) is 0 Å². The van der Waals surface area contributed by atoms with Crippen LogP contribution in [0.3, 0.4) is 0 Å². The van der Waals surface area contributed by atoms with E-state index in [0.29, 0.717) is 0 Å². The first-order valence-electron chi connectivity index (χ1n) is 4.33. The third-order valence-corrected chi connectivity index (χ3v) is 4.68. The van der Waals surface area contributed by atoms with Gasteiger partial charge in [0.05, 0.1) is 0 Å². The molecule has 1 rings (SSSR count). The van der Waals surface area contributed by atoms with Crippen LogP contribution in [-0.2, 0) is 33.8 Å². The van der Waals surface area contributed by atoms with Crippen molar-refractivity contribution in [2.24, 2.45) is 0 Å². The molecule has 10 heteroatoms. The molecule has 0 aliphatic heterocycles. The van der Waals surface area contributed by atoms with E-state index in [1.54, 1.807) is 12.1 Å². The first-order valence-corrected chi connectivity index (χ1v) is 8.73. The summed E-state index contributed by atoms with van der Waals surface area (Å²) in [7, 11) is -8.66. The van der Waals surface area contributed by atoms with Crippen molar-refractivity contribution in [3.05, 3.63) is 38.9 Å². The average Bonchev–Trinajstić information content (AvgIpc) is 2.15. The molecule has 7 nitrogen and oxygen atoms in total. The molecule has 0 radical (unpaired) electrons. The average molecular weight is 372 g/mol. The fourth-order valence-electron chi connectivity index (χ4n) is 0.791. The maximum atomic E-state index is 10.8. The van der Waals surface area contributed by atoms with E-state index in [4.69, 9.17) is 29.0 Å². The molecule has 1 aromatic carbocycles. The van der Waals surface area contributed by atoms with Gasteiger partial charge >= 0.3 is 99.5 Å². The van der Waals surface area contributed by atoms with Gasteiger partial charge in [-0.05, 0) is 0 Å². The molecule has 0 amide bonds. The molecule has 0 atom stereocenters. The number of benzene rings is 1. The monoisotopic (exact) mass is 371 g/mol. The third-order valence-electron chi connectivity index (χ3n) is 1.42. The summed E-state index contributed by atoms with van der Waals surface area (Å²) in [5.41, 5.74) is 0.817. The zero-order valence-electron chi connectivity index (χ0n) is 8.91. The van der Waals surface area contributed by atoms with Gasteiger partial charge in [0.25, 0.3) is 0 Å². The predicted molar refractivity (Wildman–Crippen MR) is 60.7 cm³/mol. The van der Waals surface area contributed by atoms with Crippen molar-refractivity contribution in [2.75, 3.05) is 0 Å². The van der Waals surface area contributed by atoms with Crippen molar-refractivity contribution >= 4 is 21.5 Å². The molecule has 0 fully saturated rings. The molecular weight excluding hydrogens is 361 g/mol. The summed E-state index contributed by atoms with van der Waals surface area (Å²) in [5.74, 6) is 0. The molecular formula is C8H11O7P2Zr. The van der Waals surface area contributed by atoms with Crippen LogP contribution in [0.2, 0.25) is 0 Å². The summed E-state index contributed by atoms with van der Waals surface area (Å²) in [4.78, 5) is 39.2. The number of phosphoric acid groups is 1. The normalized spacial score (nSPS) is 12.6. The zero-order valence-corrected chi connectivity index (χ0v) is 13.2. The van der Waals surface area contributed by atoms with E-state index in [1.165, 1.54) is 6.08 Å². The van der Waals surface area contributed by atoms with Crippen LogP contribution in [0.25, 0.3) is 6.08 Å². The Labute approximate surface area is 118 Å². The SMILES string of the molecule is O=P(O)(O)O.O=P(O)(O)[C]([Zr])=Cc1ccccc1. The second-order valence-electron chi connectivity index (χ2n) is 3.00. The molecule has 0 aliphatic rings. The standard InChI is InChI=1S/C8H8O3P.H3O4P.Zr/c9-12(10,11)7-6-8-4-2-1-3-5-8;1-5(2,3)4;/h1-6H,(H2,9,10,11);(H3,1,2,3,4);. The zero-order chi connectivity index (χ0) is 14.4. The fraction of sp³-hybridized carbons (Fsp3) is 0. The summed E-state index contributed by atoms with van der Waals surface area (Å²) in [5, 5.41) is 0. The summed E-state index contributed by atoms with van der Waals surface area (Å²) < 4.78 is 19.8. The first-order chi connectivity index (χ1) is 8.00. The number of hydrogen-bond acceptors (Lipinski definition) is 2. The molecule has 0 spiro atoms. The molecule has 0 saturated heterocycles. The van der Waals surface area contributed by atoms with Crippen LogP contribution in [0.4, 0.5) is 0 Å². The van der Waals surface area contributed by atoms with E-state index in [0.717, 1.165) is 30.3 Å². The van der Waals surface area contributed by atoms with Gasteiger partial charge in [-0.3, -0.25) is 0 Å². The van der Waals surface area contributed by atoms with Crippen molar-refractivity contribution < 1.29 is 58.3 Å². The molecule has 1 aromatic rings. The number of rotatable bonds is 2. The Morgan fingerprint density at radius 3 is 1.72 bits per heavy atom. The second-order valence-corrected chi connectivity index (χ2v) is 7.95. The molecule has 0 saturated carbocycles. The van der Waals surface area contributed by atoms with Gasteiger partial charge in [-0.25, -0.2) is 4.57 Å². The first kappa shape index (κ1) is 18.1. The summed E-state index contributed by atoms with van der Waals surface area (Å²) in [6.45, 7) is 0. The van der Waals surface area contributed by atoms with E-state index in [-0.39, 0.29) is 3.02 Å². The van der Waals surface area contributed by atoms with E-state index < -0.39 is 15.4 Å². The minimum atomic E-state index is -4.64. The molecule has 0 unspecified atom stereocenters. The Balaban J connectivity index is 0.000000494. The van der Waals surface area contributed by atoms with Gasteiger partial charge < -0.3 is 14.7 Å². The molecule has 0 aromatic heterocycles. The van der Waals surface area contributed by atoms with E-state index in [1.807, 2.05) is 18.2 Å². The minimum absolute atomic E-state index is 0.172. The van der Waals surface area contributed by atoms with Gasteiger partial charge in [0, 0.05) is 0 Å². The predicted octanol–water partition coefficient (Wildman–Crippen LogP) is 0.781. The molecule has 5 N–H and O–H groups in total. The molecule has 0 bridgehead atoms. The van der Waals surface area contributed by atoms with Gasteiger partial charge in [-0.15, -0.1) is 0 Å². The molecule has 0 aliphatic carbocycles. The summed E-state index contributed by atoms with van der Waals surface area (Å²) in [6, 6.07) is 9.13. The quantitative estimate of drug-likeness (QED) is 0.484. The fourth-order valence-corrected chi connectivity index (χ4v) is 1.52. The van der Waals surface area contributed by atoms with Crippen molar-refractivity contribution in [2.45, 2.75) is 0 Å². The Bertz CT molecular complexity index is 481. The Morgan fingerprint density at radius 2 is 1.39 bits per heavy atom. The Hall–Kier alpha value is 0.103. The van der Waals surface area contributed by atoms with Crippen molar-refractivity contribution in [1.29, 1.82) is 0 Å². The van der Waals surface area contributed by atoms with Gasteiger partial charge in [0.2, 0.25) is 0 Å². The molecule has 0 heterocycles. The van der Waals surface area contributed by atoms with Crippen molar-refractivity contribution in [3.8, 4) is 0 Å².